The van der Waals surface area contributed by atoms with Gasteiger partial charge in [0.1, 0.15) is 6.04 Å². The minimum atomic E-state index is -1.10. The van der Waals surface area contributed by atoms with Gasteiger partial charge in [-0.25, -0.2) is 9.78 Å². The first kappa shape index (κ1) is 12.5. The Morgan fingerprint density at radius 3 is 3.00 bits per heavy atom. The van der Waals surface area contributed by atoms with Crippen LogP contribution in [-0.4, -0.2) is 45.9 Å². The molecule has 2 rings (SSSR count). The summed E-state index contributed by atoms with van der Waals surface area (Å²) in [4.78, 5) is 38.7. The lowest BCUT2D eigenvalue weighted by atomic mass is 10.2. The zero-order chi connectivity index (χ0) is 13.1. The van der Waals surface area contributed by atoms with Crippen LogP contribution < -0.4 is 5.32 Å². The molecule has 2 heterocycles. The molecule has 0 saturated carbocycles. The maximum Gasteiger partial charge on any atom is 0.407 e. The molecule has 1 aromatic heterocycles. The van der Waals surface area contributed by atoms with Crippen molar-refractivity contribution in [1.29, 1.82) is 0 Å². The van der Waals surface area contributed by atoms with Crippen LogP contribution in [-0.2, 0) is 4.79 Å². The highest BCUT2D eigenvalue weighted by molar-refractivity contribution is 7.17. The van der Waals surface area contributed by atoms with Crippen LogP contribution >= 0.6 is 11.3 Å². The van der Waals surface area contributed by atoms with Crippen molar-refractivity contribution in [3.63, 3.8) is 0 Å². The fourth-order valence-corrected chi connectivity index (χ4v) is 2.49. The summed E-state index contributed by atoms with van der Waals surface area (Å²) < 4.78 is 0. The smallest absolute Gasteiger partial charge is 0.407 e. The molecule has 18 heavy (non-hydrogen) atoms. The lowest BCUT2D eigenvalue weighted by Crippen LogP contribution is -2.42. The molecule has 0 aromatic carbocycles. The second kappa shape index (κ2) is 5.13. The highest BCUT2D eigenvalue weighted by Crippen LogP contribution is 2.21. The normalized spacial score (nSPS) is 18.7. The van der Waals surface area contributed by atoms with Gasteiger partial charge in [-0.2, -0.15) is 0 Å². The topological polar surface area (TPSA) is 99.6 Å². The van der Waals surface area contributed by atoms with Crippen LogP contribution in [0.4, 0.5) is 9.93 Å². The van der Waals surface area contributed by atoms with E-state index in [1.165, 1.54) is 6.20 Å². The van der Waals surface area contributed by atoms with Gasteiger partial charge in [0.05, 0.1) is 11.1 Å². The maximum absolute atomic E-state index is 11.9. The van der Waals surface area contributed by atoms with Crippen LogP contribution in [0, 0.1) is 0 Å². The molecule has 96 valence electrons. The number of carbonyl (C=O) groups excluding carboxylic acids is 2. The summed E-state index contributed by atoms with van der Waals surface area (Å²) in [5, 5.41) is 11.8. The monoisotopic (exact) mass is 269 g/mol. The van der Waals surface area contributed by atoms with Crippen LogP contribution in [0.15, 0.2) is 6.20 Å². The van der Waals surface area contributed by atoms with Crippen molar-refractivity contribution in [3.05, 3.63) is 11.1 Å². The zero-order valence-corrected chi connectivity index (χ0v) is 10.1. The molecule has 7 nitrogen and oxygen atoms in total. The number of thiazole rings is 1. The molecule has 1 aliphatic heterocycles. The molecule has 1 saturated heterocycles. The molecule has 2 N–H and O–H groups in total. The molecule has 0 radical (unpaired) electrons. The van der Waals surface area contributed by atoms with Crippen molar-refractivity contribution in [2.75, 3.05) is 11.9 Å². The van der Waals surface area contributed by atoms with Crippen LogP contribution in [0.1, 0.15) is 22.5 Å². The van der Waals surface area contributed by atoms with Gasteiger partial charge in [-0.1, -0.05) is 11.3 Å². The number of nitrogens with zero attached hydrogens (tertiary/aromatic N) is 2. The first-order valence-corrected chi connectivity index (χ1v) is 6.15. The third-order valence-corrected chi connectivity index (χ3v) is 3.51. The van der Waals surface area contributed by atoms with Gasteiger partial charge >= 0.3 is 6.09 Å². The minimum Gasteiger partial charge on any atom is -0.465 e. The third kappa shape index (κ3) is 2.48. The van der Waals surface area contributed by atoms with Crippen LogP contribution in [0.5, 0.6) is 0 Å². The van der Waals surface area contributed by atoms with Crippen LogP contribution in [0.2, 0.25) is 0 Å². The number of rotatable bonds is 3. The van der Waals surface area contributed by atoms with Crippen molar-refractivity contribution in [2.24, 2.45) is 0 Å². The van der Waals surface area contributed by atoms with Gasteiger partial charge in [-0.15, -0.1) is 0 Å². The van der Waals surface area contributed by atoms with Gasteiger partial charge in [0.15, 0.2) is 11.4 Å². The average Bonchev–Trinajstić information content (AvgIpc) is 2.96. The van der Waals surface area contributed by atoms with E-state index in [0.29, 0.717) is 35.7 Å². The Balaban J connectivity index is 2.03. The summed E-state index contributed by atoms with van der Waals surface area (Å²) in [6, 6.07) is -0.675. The Morgan fingerprint density at radius 2 is 2.39 bits per heavy atom. The van der Waals surface area contributed by atoms with E-state index >= 15 is 0 Å². The molecule has 8 heteroatoms. The van der Waals surface area contributed by atoms with E-state index in [0.717, 1.165) is 16.2 Å². The summed E-state index contributed by atoms with van der Waals surface area (Å²) >= 11 is 1.05. The molecule has 1 aliphatic rings. The van der Waals surface area contributed by atoms with E-state index in [4.69, 9.17) is 5.11 Å². The van der Waals surface area contributed by atoms with Gasteiger partial charge < -0.3 is 10.4 Å². The molecule has 0 aliphatic carbocycles. The minimum absolute atomic E-state index is 0.305. The lowest BCUT2D eigenvalue weighted by molar-refractivity contribution is -0.119. The Bertz CT molecular complexity index is 487. The fourth-order valence-electron chi connectivity index (χ4n) is 1.86. The SMILES string of the molecule is O=Cc1cnc(NC(=O)C2CCCN2C(=O)O)s1. The van der Waals surface area contributed by atoms with E-state index in [2.05, 4.69) is 10.3 Å². The second-order valence-electron chi connectivity index (χ2n) is 3.81. The Labute approximate surface area is 106 Å². The zero-order valence-electron chi connectivity index (χ0n) is 9.33. The van der Waals surface area contributed by atoms with Crippen molar-refractivity contribution in [2.45, 2.75) is 18.9 Å². The number of hydrogen-bond donors (Lipinski definition) is 2. The molecular weight excluding hydrogens is 258 g/mol. The van der Waals surface area contributed by atoms with Crippen LogP contribution in [0.3, 0.4) is 0 Å². The Kier molecular flexibility index (Phi) is 3.56. The number of nitrogens with one attached hydrogen (secondary N) is 1. The molecular formula is C10H11N3O4S. The highest BCUT2D eigenvalue weighted by Gasteiger charge is 2.34. The number of aldehydes is 1. The van der Waals surface area contributed by atoms with E-state index in [9.17, 15) is 14.4 Å². The Morgan fingerprint density at radius 1 is 1.61 bits per heavy atom. The third-order valence-electron chi connectivity index (χ3n) is 2.67. The van der Waals surface area contributed by atoms with E-state index < -0.39 is 18.0 Å². The quantitative estimate of drug-likeness (QED) is 0.798. The van der Waals surface area contributed by atoms with Crippen molar-refractivity contribution in [1.82, 2.24) is 9.88 Å². The molecule has 1 atom stereocenters. The molecule has 0 bridgehead atoms. The molecule has 1 aromatic rings. The van der Waals surface area contributed by atoms with Gasteiger partial charge in [-0.3, -0.25) is 14.5 Å². The summed E-state index contributed by atoms with van der Waals surface area (Å²) in [6.07, 6.45) is 2.08. The van der Waals surface area contributed by atoms with E-state index in [1.807, 2.05) is 0 Å². The predicted octanol–water partition coefficient (Wildman–Crippen LogP) is 1.04. The number of carboxylic acid groups (broad SMARTS) is 1. The summed E-state index contributed by atoms with van der Waals surface area (Å²) in [5.41, 5.74) is 0. The predicted molar refractivity (Wildman–Crippen MR) is 63.9 cm³/mol. The van der Waals surface area contributed by atoms with Gasteiger partial charge in [0.25, 0.3) is 0 Å². The van der Waals surface area contributed by atoms with Gasteiger partial charge in [0.2, 0.25) is 5.91 Å². The van der Waals surface area contributed by atoms with Gasteiger partial charge in [-0.05, 0) is 12.8 Å². The number of anilines is 1. The maximum atomic E-state index is 11.9. The first-order valence-electron chi connectivity index (χ1n) is 5.33. The van der Waals surface area contributed by atoms with Crippen molar-refractivity contribution < 1.29 is 19.5 Å². The highest BCUT2D eigenvalue weighted by atomic mass is 32.1. The average molecular weight is 269 g/mol. The molecule has 1 fully saturated rings. The molecule has 1 unspecified atom stereocenters. The largest absolute Gasteiger partial charge is 0.465 e. The second-order valence-corrected chi connectivity index (χ2v) is 4.87. The number of likely N-dealkylation sites (tertiary alicyclic amines) is 1. The molecule has 2 amide bonds. The van der Waals surface area contributed by atoms with Gasteiger partial charge in [0, 0.05) is 6.54 Å². The number of aromatic nitrogens is 1. The standard InChI is InChI=1S/C10H11N3O4S/c14-5-6-4-11-9(18-6)12-8(15)7-2-1-3-13(7)10(16)17/h4-5,7H,1-3H2,(H,16,17)(H,11,12,15). The van der Waals surface area contributed by atoms with E-state index in [-0.39, 0.29) is 0 Å². The number of hydrogen-bond acceptors (Lipinski definition) is 5. The number of amides is 2. The first-order chi connectivity index (χ1) is 8.61. The lowest BCUT2D eigenvalue weighted by Gasteiger charge is -2.19. The summed E-state index contributed by atoms with van der Waals surface area (Å²) in [5.74, 6) is -0.401. The number of carbonyl (C=O) groups is 3. The van der Waals surface area contributed by atoms with Crippen LogP contribution in [0.25, 0.3) is 0 Å². The van der Waals surface area contributed by atoms with Crippen molar-refractivity contribution >= 4 is 34.8 Å². The van der Waals surface area contributed by atoms with E-state index in [1.54, 1.807) is 0 Å². The summed E-state index contributed by atoms with van der Waals surface area (Å²) in [7, 11) is 0. The molecule has 0 spiro atoms. The van der Waals surface area contributed by atoms with Crippen molar-refractivity contribution in [3.8, 4) is 0 Å². The Hall–Kier alpha value is -1.96. The fraction of sp³-hybridized carbons (Fsp3) is 0.400. The summed E-state index contributed by atoms with van der Waals surface area (Å²) in [6.45, 7) is 0.366.